The molecule has 21 heavy (non-hydrogen) atoms. The van der Waals surface area contributed by atoms with E-state index in [1.54, 1.807) is 39.3 Å². The van der Waals surface area contributed by atoms with E-state index < -0.39 is 0 Å². The molecule has 118 valence electrons. The molecule has 0 spiro atoms. The monoisotopic (exact) mass is 315 g/mol. The van der Waals surface area contributed by atoms with Crippen LogP contribution in [0.3, 0.4) is 0 Å². The van der Waals surface area contributed by atoms with Gasteiger partial charge < -0.3 is 20.3 Å². The van der Waals surface area contributed by atoms with Gasteiger partial charge in [0, 0.05) is 19.7 Å². The zero-order chi connectivity index (χ0) is 15.1. The number of amides is 2. The smallest absolute Gasteiger partial charge is 0.253 e. The van der Waals surface area contributed by atoms with Crippen molar-refractivity contribution < 1.29 is 14.3 Å². The van der Waals surface area contributed by atoms with Crippen molar-refractivity contribution in [1.82, 2.24) is 10.2 Å². The predicted molar refractivity (Wildman–Crippen MR) is 85.4 cm³/mol. The van der Waals surface area contributed by atoms with Crippen LogP contribution in [0.4, 0.5) is 5.69 Å². The van der Waals surface area contributed by atoms with Crippen molar-refractivity contribution in [3.8, 4) is 5.75 Å². The molecule has 7 heteroatoms. The Morgan fingerprint density at radius 1 is 1.29 bits per heavy atom. The largest absolute Gasteiger partial charge is 0.492 e. The molecule has 0 saturated heterocycles. The van der Waals surface area contributed by atoms with Gasteiger partial charge in [-0.25, -0.2) is 0 Å². The van der Waals surface area contributed by atoms with E-state index in [-0.39, 0.29) is 30.8 Å². The normalized spacial score (nSPS) is 9.52. The highest BCUT2D eigenvalue weighted by molar-refractivity contribution is 5.98. The molecular formula is C14H22ClN3O3. The van der Waals surface area contributed by atoms with Gasteiger partial charge in [-0.2, -0.15) is 0 Å². The Bertz CT molecular complexity index is 492. The zero-order valence-corrected chi connectivity index (χ0v) is 13.5. The van der Waals surface area contributed by atoms with Gasteiger partial charge in [0.15, 0.2) is 0 Å². The molecule has 0 aliphatic rings. The lowest BCUT2D eigenvalue weighted by molar-refractivity contribution is -0.115. The minimum absolute atomic E-state index is 0. The van der Waals surface area contributed by atoms with Gasteiger partial charge >= 0.3 is 0 Å². The number of anilines is 1. The Morgan fingerprint density at radius 3 is 2.48 bits per heavy atom. The van der Waals surface area contributed by atoms with E-state index in [4.69, 9.17) is 4.74 Å². The second kappa shape index (κ2) is 9.20. The molecule has 2 amide bonds. The summed E-state index contributed by atoms with van der Waals surface area (Å²) in [5.74, 6) is 0.229. The van der Waals surface area contributed by atoms with Gasteiger partial charge in [0.2, 0.25) is 5.91 Å². The molecule has 0 aromatic heterocycles. The second-order valence-electron chi connectivity index (χ2n) is 4.42. The molecule has 0 saturated carbocycles. The molecule has 0 fully saturated rings. The molecule has 1 aromatic carbocycles. The third-order valence-electron chi connectivity index (χ3n) is 2.54. The molecule has 6 nitrogen and oxygen atoms in total. The van der Waals surface area contributed by atoms with E-state index in [2.05, 4.69) is 10.6 Å². The number of likely N-dealkylation sites (N-methyl/N-ethyl adjacent to an activating group) is 1. The Balaban J connectivity index is 0.00000400. The first-order valence-corrected chi connectivity index (χ1v) is 6.42. The highest BCUT2D eigenvalue weighted by Gasteiger charge is 2.13. The van der Waals surface area contributed by atoms with Crippen LogP contribution < -0.4 is 15.4 Å². The summed E-state index contributed by atoms with van der Waals surface area (Å²) in [6.45, 7) is 2.53. The predicted octanol–water partition coefficient (Wildman–Crippen LogP) is 1.37. The first-order valence-electron chi connectivity index (χ1n) is 6.42. The number of halogens is 1. The van der Waals surface area contributed by atoms with Gasteiger partial charge in [-0.05, 0) is 32.2 Å². The van der Waals surface area contributed by atoms with Crippen LogP contribution in [0.2, 0.25) is 0 Å². The summed E-state index contributed by atoms with van der Waals surface area (Å²) in [6, 6.07) is 5.00. The van der Waals surface area contributed by atoms with Crippen LogP contribution in [0.25, 0.3) is 0 Å². The van der Waals surface area contributed by atoms with Crippen LogP contribution in [0.5, 0.6) is 5.75 Å². The summed E-state index contributed by atoms with van der Waals surface area (Å²) in [7, 11) is 5.05. The number of rotatable bonds is 6. The maximum Gasteiger partial charge on any atom is 0.253 e. The summed E-state index contributed by atoms with van der Waals surface area (Å²) in [6.07, 6.45) is 0. The Morgan fingerprint density at radius 2 is 1.95 bits per heavy atom. The molecule has 0 bridgehead atoms. The van der Waals surface area contributed by atoms with Crippen molar-refractivity contribution >= 4 is 29.9 Å². The lowest BCUT2D eigenvalue weighted by Crippen LogP contribution is -2.26. The quantitative estimate of drug-likeness (QED) is 0.832. The summed E-state index contributed by atoms with van der Waals surface area (Å²) in [5.41, 5.74) is 0.998. The standard InChI is InChI=1S/C14H21N3O3.ClH/c1-5-20-12-7-6-10(14(19)17(3)4)8-11(12)16-13(18)9-15-2;/h6-8,15H,5,9H2,1-4H3,(H,16,18);1H. The van der Waals surface area contributed by atoms with Gasteiger partial charge in [-0.3, -0.25) is 9.59 Å². The summed E-state index contributed by atoms with van der Waals surface area (Å²) in [4.78, 5) is 25.1. The Labute approximate surface area is 131 Å². The number of ether oxygens (including phenoxy) is 1. The van der Waals surface area contributed by atoms with E-state index in [1.165, 1.54) is 4.90 Å². The van der Waals surface area contributed by atoms with Crippen molar-refractivity contribution in [3.05, 3.63) is 23.8 Å². The zero-order valence-electron chi connectivity index (χ0n) is 12.7. The van der Waals surface area contributed by atoms with E-state index in [0.29, 0.717) is 23.6 Å². The number of hydrogen-bond donors (Lipinski definition) is 2. The van der Waals surface area contributed by atoms with Crippen molar-refractivity contribution in [2.24, 2.45) is 0 Å². The second-order valence-corrected chi connectivity index (χ2v) is 4.42. The fraction of sp³-hybridized carbons (Fsp3) is 0.429. The van der Waals surface area contributed by atoms with E-state index >= 15 is 0 Å². The van der Waals surface area contributed by atoms with Crippen LogP contribution >= 0.6 is 12.4 Å². The lowest BCUT2D eigenvalue weighted by Gasteiger charge is -2.15. The highest BCUT2D eigenvalue weighted by Crippen LogP contribution is 2.26. The minimum Gasteiger partial charge on any atom is -0.492 e. The SMILES string of the molecule is CCOc1ccc(C(=O)N(C)C)cc1NC(=O)CNC.Cl. The van der Waals surface area contributed by atoms with Crippen LogP contribution in [-0.2, 0) is 4.79 Å². The summed E-state index contributed by atoms with van der Waals surface area (Å²) < 4.78 is 5.45. The number of carbonyl (C=O) groups is 2. The number of benzene rings is 1. The van der Waals surface area contributed by atoms with Crippen LogP contribution in [0.15, 0.2) is 18.2 Å². The van der Waals surface area contributed by atoms with Crippen LogP contribution in [-0.4, -0.2) is 51.0 Å². The molecule has 1 rings (SSSR count). The molecule has 1 aromatic rings. The number of hydrogen-bond acceptors (Lipinski definition) is 4. The van der Waals surface area contributed by atoms with Gasteiger partial charge in [0.25, 0.3) is 5.91 Å². The number of nitrogens with one attached hydrogen (secondary N) is 2. The fourth-order valence-corrected chi connectivity index (χ4v) is 1.66. The first-order chi connectivity index (χ1) is 9.49. The highest BCUT2D eigenvalue weighted by atomic mass is 35.5. The van der Waals surface area contributed by atoms with Crippen molar-refractivity contribution in [3.63, 3.8) is 0 Å². The van der Waals surface area contributed by atoms with Crippen LogP contribution in [0.1, 0.15) is 17.3 Å². The minimum atomic E-state index is -0.192. The first kappa shape index (κ1) is 19.2. The Hall–Kier alpha value is -1.79. The van der Waals surface area contributed by atoms with E-state index in [9.17, 15) is 9.59 Å². The Kier molecular flexibility index (Phi) is 8.42. The van der Waals surface area contributed by atoms with Gasteiger partial charge in [-0.1, -0.05) is 0 Å². The maximum atomic E-state index is 11.9. The topological polar surface area (TPSA) is 70.7 Å². The molecule has 0 heterocycles. The van der Waals surface area contributed by atoms with Gasteiger partial charge in [0.05, 0.1) is 18.8 Å². The molecule has 0 atom stereocenters. The number of nitrogens with zero attached hydrogens (tertiary/aromatic N) is 1. The molecule has 2 N–H and O–H groups in total. The van der Waals surface area contributed by atoms with Crippen LogP contribution in [0, 0.1) is 0 Å². The van der Waals surface area contributed by atoms with E-state index in [0.717, 1.165) is 0 Å². The molecule has 0 aliphatic heterocycles. The van der Waals surface area contributed by atoms with E-state index in [1.807, 2.05) is 6.92 Å². The van der Waals surface area contributed by atoms with Crippen molar-refractivity contribution in [2.75, 3.05) is 39.6 Å². The third-order valence-corrected chi connectivity index (χ3v) is 2.54. The maximum absolute atomic E-state index is 11.9. The molecule has 0 radical (unpaired) electrons. The lowest BCUT2D eigenvalue weighted by atomic mass is 10.1. The van der Waals surface area contributed by atoms with Crippen molar-refractivity contribution in [2.45, 2.75) is 6.92 Å². The number of carbonyl (C=O) groups excluding carboxylic acids is 2. The average Bonchev–Trinajstić information content (AvgIpc) is 2.40. The molecule has 0 aliphatic carbocycles. The average molecular weight is 316 g/mol. The fourth-order valence-electron chi connectivity index (χ4n) is 1.66. The summed E-state index contributed by atoms with van der Waals surface area (Å²) in [5, 5.41) is 5.50. The third kappa shape index (κ3) is 5.61. The molecular weight excluding hydrogens is 294 g/mol. The molecule has 0 unspecified atom stereocenters. The van der Waals surface area contributed by atoms with Gasteiger partial charge in [-0.15, -0.1) is 12.4 Å². The summed E-state index contributed by atoms with van der Waals surface area (Å²) >= 11 is 0. The van der Waals surface area contributed by atoms with Crippen molar-refractivity contribution in [1.29, 1.82) is 0 Å². The van der Waals surface area contributed by atoms with Gasteiger partial charge in [0.1, 0.15) is 5.75 Å².